The van der Waals surface area contributed by atoms with Gasteiger partial charge in [-0.3, -0.25) is 0 Å². The molecule has 0 saturated carbocycles. The van der Waals surface area contributed by atoms with Crippen molar-refractivity contribution in [1.82, 2.24) is 0 Å². The van der Waals surface area contributed by atoms with Crippen LogP contribution in [0.4, 0.5) is 0 Å². The van der Waals surface area contributed by atoms with Crippen LogP contribution in [0.5, 0.6) is 11.5 Å². The number of carbonyl (C=O) groups excluding carboxylic acids is 1. The Labute approximate surface area is 114 Å². The Kier molecular flexibility index (Phi) is 6.50. The molecule has 1 aromatic rings. The molecule has 0 unspecified atom stereocenters. The molecule has 1 rings (SSSR count). The zero-order valence-corrected chi connectivity index (χ0v) is 11.6. The summed E-state index contributed by atoms with van der Waals surface area (Å²) in [5.41, 5.74) is 0.823. The van der Waals surface area contributed by atoms with Gasteiger partial charge in [0.2, 0.25) is 0 Å². The minimum atomic E-state index is -0.338. The Morgan fingerprint density at radius 1 is 1.16 bits per heavy atom. The van der Waals surface area contributed by atoms with Gasteiger partial charge in [-0.05, 0) is 30.2 Å². The van der Waals surface area contributed by atoms with E-state index in [0.29, 0.717) is 18.1 Å². The third-order valence-electron chi connectivity index (χ3n) is 2.53. The molecule has 0 aliphatic heterocycles. The van der Waals surface area contributed by atoms with Gasteiger partial charge in [0.05, 0.1) is 20.8 Å². The van der Waals surface area contributed by atoms with Gasteiger partial charge in [-0.1, -0.05) is 13.3 Å². The van der Waals surface area contributed by atoms with Crippen molar-refractivity contribution in [3.63, 3.8) is 0 Å². The number of hydrogen-bond donors (Lipinski definition) is 0. The molecule has 1 aromatic carbocycles. The van der Waals surface area contributed by atoms with E-state index in [-0.39, 0.29) is 5.97 Å². The number of carbonyl (C=O) groups is 1. The lowest BCUT2D eigenvalue weighted by molar-refractivity contribution is -0.137. The topological polar surface area (TPSA) is 44.8 Å². The summed E-state index contributed by atoms with van der Waals surface area (Å²) in [5.74, 6) is 1.02. The van der Waals surface area contributed by atoms with Crippen LogP contribution in [-0.4, -0.2) is 26.8 Å². The minimum absolute atomic E-state index is 0.338. The summed E-state index contributed by atoms with van der Waals surface area (Å²) in [6, 6.07) is 5.41. The van der Waals surface area contributed by atoms with E-state index in [4.69, 9.17) is 14.2 Å². The molecule has 4 heteroatoms. The summed E-state index contributed by atoms with van der Waals surface area (Å²) < 4.78 is 15.3. The molecule has 0 aliphatic rings. The molecular weight excluding hydrogens is 244 g/mol. The lowest BCUT2D eigenvalue weighted by atomic mass is 10.2. The van der Waals surface area contributed by atoms with E-state index in [1.54, 1.807) is 26.4 Å². The van der Waals surface area contributed by atoms with E-state index < -0.39 is 0 Å². The molecule has 0 aromatic heterocycles. The number of hydrogen-bond acceptors (Lipinski definition) is 4. The SMILES string of the molecule is CCCCOC(=O)C=Cc1cc(OC)cc(OC)c1. The lowest BCUT2D eigenvalue weighted by Gasteiger charge is -2.05. The highest BCUT2D eigenvalue weighted by Gasteiger charge is 2.01. The van der Waals surface area contributed by atoms with Crippen LogP contribution in [0.3, 0.4) is 0 Å². The maximum atomic E-state index is 11.4. The largest absolute Gasteiger partial charge is 0.497 e. The summed E-state index contributed by atoms with van der Waals surface area (Å²) in [7, 11) is 3.17. The van der Waals surface area contributed by atoms with Gasteiger partial charge in [-0.15, -0.1) is 0 Å². The second kappa shape index (κ2) is 8.19. The van der Waals surface area contributed by atoms with Crippen molar-refractivity contribution in [2.75, 3.05) is 20.8 Å². The fourth-order valence-corrected chi connectivity index (χ4v) is 1.46. The minimum Gasteiger partial charge on any atom is -0.497 e. The zero-order valence-electron chi connectivity index (χ0n) is 11.6. The van der Waals surface area contributed by atoms with Crippen molar-refractivity contribution in [2.45, 2.75) is 19.8 Å². The Morgan fingerprint density at radius 2 is 1.79 bits per heavy atom. The highest BCUT2D eigenvalue weighted by Crippen LogP contribution is 2.23. The molecule has 0 amide bonds. The van der Waals surface area contributed by atoms with E-state index in [9.17, 15) is 4.79 Å². The molecule has 0 radical (unpaired) electrons. The fraction of sp³-hybridized carbons (Fsp3) is 0.400. The number of methoxy groups -OCH3 is 2. The maximum absolute atomic E-state index is 11.4. The number of ether oxygens (including phenoxy) is 3. The van der Waals surface area contributed by atoms with Gasteiger partial charge in [-0.25, -0.2) is 4.79 Å². The fourth-order valence-electron chi connectivity index (χ4n) is 1.46. The van der Waals surface area contributed by atoms with Crippen LogP contribution in [-0.2, 0) is 9.53 Å². The quantitative estimate of drug-likeness (QED) is 0.431. The van der Waals surface area contributed by atoms with Crippen molar-refractivity contribution < 1.29 is 19.0 Å². The van der Waals surface area contributed by atoms with Crippen LogP contribution in [0.25, 0.3) is 6.08 Å². The second-order valence-corrected chi connectivity index (χ2v) is 4.00. The summed E-state index contributed by atoms with van der Waals surface area (Å²) in [6.07, 6.45) is 4.97. The molecule has 0 spiro atoms. The number of esters is 1. The van der Waals surface area contributed by atoms with Gasteiger partial charge in [0.25, 0.3) is 0 Å². The molecule has 19 heavy (non-hydrogen) atoms. The van der Waals surface area contributed by atoms with Crippen molar-refractivity contribution in [3.8, 4) is 11.5 Å². The predicted octanol–water partition coefficient (Wildman–Crippen LogP) is 3.06. The summed E-state index contributed by atoms with van der Waals surface area (Å²) >= 11 is 0. The highest BCUT2D eigenvalue weighted by molar-refractivity contribution is 5.87. The molecule has 0 fully saturated rings. The smallest absolute Gasteiger partial charge is 0.330 e. The average molecular weight is 264 g/mol. The van der Waals surface area contributed by atoms with Gasteiger partial charge in [-0.2, -0.15) is 0 Å². The first kappa shape index (κ1) is 15.1. The van der Waals surface area contributed by atoms with Crippen molar-refractivity contribution in [3.05, 3.63) is 29.8 Å². The van der Waals surface area contributed by atoms with Gasteiger partial charge in [0.15, 0.2) is 0 Å². The monoisotopic (exact) mass is 264 g/mol. The summed E-state index contributed by atoms with van der Waals surface area (Å²) in [4.78, 5) is 11.4. The van der Waals surface area contributed by atoms with Crippen molar-refractivity contribution in [2.24, 2.45) is 0 Å². The Hall–Kier alpha value is -1.97. The van der Waals surface area contributed by atoms with E-state index in [1.807, 2.05) is 19.1 Å². The first-order valence-corrected chi connectivity index (χ1v) is 6.27. The Bertz CT molecular complexity index is 416. The van der Waals surface area contributed by atoms with Crippen LogP contribution in [0.1, 0.15) is 25.3 Å². The van der Waals surface area contributed by atoms with E-state index in [0.717, 1.165) is 18.4 Å². The third-order valence-corrected chi connectivity index (χ3v) is 2.53. The summed E-state index contributed by atoms with van der Waals surface area (Å²) in [5, 5.41) is 0. The average Bonchev–Trinajstić information content (AvgIpc) is 2.45. The van der Waals surface area contributed by atoms with E-state index >= 15 is 0 Å². The van der Waals surface area contributed by atoms with Crippen LogP contribution >= 0.6 is 0 Å². The number of benzene rings is 1. The standard InChI is InChI=1S/C15H20O4/c1-4-5-8-19-15(16)7-6-12-9-13(17-2)11-14(10-12)18-3/h6-7,9-11H,4-5,8H2,1-3H3. The van der Waals surface area contributed by atoms with Crippen LogP contribution in [0.2, 0.25) is 0 Å². The highest BCUT2D eigenvalue weighted by atomic mass is 16.5. The van der Waals surface area contributed by atoms with Crippen molar-refractivity contribution in [1.29, 1.82) is 0 Å². The molecule has 0 heterocycles. The third kappa shape index (κ3) is 5.46. The van der Waals surface area contributed by atoms with Gasteiger partial charge in [0.1, 0.15) is 11.5 Å². The molecule has 0 saturated heterocycles. The maximum Gasteiger partial charge on any atom is 0.330 e. The molecular formula is C15H20O4. The summed E-state index contributed by atoms with van der Waals surface area (Å²) in [6.45, 7) is 2.51. The first-order valence-electron chi connectivity index (χ1n) is 6.27. The van der Waals surface area contributed by atoms with Gasteiger partial charge >= 0.3 is 5.97 Å². The van der Waals surface area contributed by atoms with Crippen LogP contribution in [0.15, 0.2) is 24.3 Å². The van der Waals surface area contributed by atoms with Crippen LogP contribution < -0.4 is 9.47 Å². The van der Waals surface area contributed by atoms with E-state index in [2.05, 4.69) is 0 Å². The van der Waals surface area contributed by atoms with Gasteiger partial charge < -0.3 is 14.2 Å². The molecule has 0 atom stereocenters. The second-order valence-electron chi connectivity index (χ2n) is 4.00. The Balaban J connectivity index is 2.67. The lowest BCUT2D eigenvalue weighted by Crippen LogP contribution is -2.01. The number of rotatable bonds is 7. The van der Waals surface area contributed by atoms with Crippen molar-refractivity contribution >= 4 is 12.0 Å². The molecule has 104 valence electrons. The molecule has 0 N–H and O–H groups in total. The normalized spacial score (nSPS) is 10.5. The van der Waals surface area contributed by atoms with Crippen LogP contribution in [0, 0.1) is 0 Å². The molecule has 0 aliphatic carbocycles. The predicted molar refractivity (Wildman–Crippen MR) is 74.4 cm³/mol. The van der Waals surface area contributed by atoms with Gasteiger partial charge in [0, 0.05) is 12.1 Å². The van der Waals surface area contributed by atoms with E-state index in [1.165, 1.54) is 6.08 Å². The zero-order chi connectivity index (χ0) is 14.1. The first-order chi connectivity index (χ1) is 9.19. The molecule has 0 bridgehead atoms. The number of unbranched alkanes of at least 4 members (excludes halogenated alkanes) is 1. The molecule has 4 nitrogen and oxygen atoms in total. The Morgan fingerprint density at radius 3 is 2.32 bits per heavy atom.